The van der Waals surface area contributed by atoms with E-state index < -0.39 is 0 Å². The fourth-order valence-electron chi connectivity index (χ4n) is 1.91. The number of benzene rings is 1. The molecule has 0 amide bonds. The Morgan fingerprint density at radius 2 is 1.78 bits per heavy atom. The van der Waals surface area contributed by atoms with Crippen LogP contribution in [0.4, 0.5) is 5.69 Å². The molecule has 3 heteroatoms. The smallest absolute Gasteiger partial charge is 0.0510 e. The molecule has 0 aliphatic heterocycles. The summed E-state index contributed by atoms with van der Waals surface area (Å²) >= 11 is 3.69. The number of rotatable bonds is 5. The molecule has 1 aromatic rings. The molecule has 18 heavy (non-hydrogen) atoms. The van der Waals surface area contributed by atoms with Gasteiger partial charge in [-0.1, -0.05) is 19.9 Å². The van der Waals surface area contributed by atoms with Gasteiger partial charge in [-0.3, -0.25) is 0 Å². The molecule has 0 radical (unpaired) electrons. The van der Waals surface area contributed by atoms with E-state index in [1.165, 1.54) is 11.3 Å². The molecule has 0 saturated heterocycles. The summed E-state index contributed by atoms with van der Waals surface area (Å²) in [5.74, 6) is 0.637. The first-order valence-corrected chi connectivity index (χ1v) is 7.37. The highest BCUT2D eigenvalue weighted by atomic mass is 79.9. The van der Waals surface area contributed by atoms with E-state index in [4.69, 9.17) is 0 Å². The molecule has 2 nitrogen and oxygen atoms in total. The second-order valence-corrected chi connectivity index (χ2v) is 6.17. The van der Waals surface area contributed by atoms with Gasteiger partial charge in [-0.05, 0) is 60.4 Å². The van der Waals surface area contributed by atoms with Crippen LogP contribution in [0.5, 0.6) is 0 Å². The zero-order valence-corrected chi connectivity index (χ0v) is 13.9. The fourth-order valence-corrected chi connectivity index (χ4v) is 2.59. The third-order valence-corrected chi connectivity index (χ3v) is 4.50. The molecule has 0 saturated carbocycles. The Labute approximate surface area is 120 Å². The summed E-state index contributed by atoms with van der Waals surface area (Å²) in [6.07, 6.45) is 0. The Kier molecular flexibility index (Phi) is 5.67. The Morgan fingerprint density at radius 3 is 2.22 bits per heavy atom. The van der Waals surface area contributed by atoms with Crippen LogP contribution in [-0.2, 0) is 0 Å². The van der Waals surface area contributed by atoms with E-state index in [0.29, 0.717) is 18.0 Å². The van der Waals surface area contributed by atoms with Crippen LogP contribution in [0, 0.1) is 5.92 Å². The normalized spacial score (nSPS) is 14.7. The van der Waals surface area contributed by atoms with Gasteiger partial charge in [0.15, 0.2) is 0 Å². The average Bonchev–Trinajstić information content (AvgIpc) is 2.35. The van der Waals surface area contributed by atoms with Crippen LogP contribution in [0.1, 0.15) is 39.3 Å². The molecular weight excluding hydrogens is 288 g/mol. The van der Waals surface area contributed by atoms with Crippen molar-refractivity contribution in [3.05, 3.63) is 28.2 Å². The quantitative estimate of drug-likeness (QED) is 0.876. The summed E-state index contributed by atoms with van der Waals surface area (Å²) in [7, 11) is 4.14. The first-order valence-electron chi connectivity index (χ1n) is 6.58. The van der Waals surface area contributed by atoms with Gasteiger partial charge in [0.05, 0.1) is 5.69 Å². The summed E-state index contributed by atoms with van der Waals surface area (Å²) in [6, 6.07) is 7.51. The van der Waals surface area contributed by atoms with E-state index in [9.17, 15) is 0 Å². The van der Waals surface area contributed by atoms with Crippen molar-refractivity contribution in [1.29, 1.82) is 0 Å². The predicted molar refractivity (Wildman–Crippen MR) is 84.3 cm³/mol. The molecule has 1 rings (SSSR count). The first kappa shape index (κ1) is 15.5. The third-order valence-electron chi connectivity index (χ3n) is 3.86. The lowest BCUT2D eigenvalue weighted by molar-refractivity contribution is 0.505. The highest BCUT2D eigenvalue weighted by molar-refractivity contribution is 9.10. The van der Waals surface area contributed by atoms with Crippen LogP contribution in [-0.4, -0.2) is 20.1 Å². The van der Waals surface area contributed by atoms with Gasteiger partial charge in [0.25, 0.3) is 0 Å². The first-order chi connectivity index (χ1) is 8.38. The maximum Gasteiger partial charge on any atom is 0.0510 e. The number of anilines is 1. The van der Waals surface area contributed by atoms with Crippen LogP contribution in [0.25, 0.3) is 0 Å². The van der Waals surface area contributed by atoms with E-state index in [1.807, 2.05) is 7.05 Å². The summed E-state index contributed by atoms with van der Waals surface area (Å²) in [6.45, 7) is 8.95. The molecule has 102 valence electrons. The monoisotopic (exact) mass is 312 g/mol. The number of nitrogens with zero attached hydrogens (tertiary/aromatic N) is 1. The van der Waals surface area contributed by atoms with Crippen LogP contribution in [0.15, 0.2) is 22.7 Å². The van der Waals surface area contributed by atoms with E-state index >= 15 is 0 Å². The average molecular weight is 313 g/mol. The van der Waals surface area contributed by atoms with E-state index in [2.05, 4.69) is 79.1 Å². The minimum absolute atomic E-state index is 0.378. The maximum atomic E-state index is 3.69. The van der Waals surface area contributed by atoms with Crippen molar-refractivity contribution in [3.8, 4) is 0 Å². The molecule has 2 atom stereocenters. The van der Waals surface area contributed by atoms with E-state index in [1.54, 1.807) is 0 Å². The number of hydrogen-bond acceptors (Lipinski definition) is 2. The molecule has 1 N–H and O–H groups in total. The van der Waals surface area contributed by atoms with Crippen molar-refractivity contribution in [2.75, 3.05) is 19.0 Å². The molecule has 1 aromatic carbocycles. The predicted octanol–water partition coefficient (Wildman–Crippen LogP) is 4.21. The van der Waals surface area contributed by atoms with Gasteiger partial charge in [0.1, 0.15) is 0 Å². The molecule has 0 aromatic heterocycles. The largest absolute Gasteiger partial charge is 0.371 e. The van der Waals surface area contributed by atoms with Crippen molar-refractivity contribution < 1.29 is 0 Å². The standard InChI is InChI=1S/C15H25BrN2/c1-10(2)12(4)18(6)15-8-7-13(9-14(15)16)11(3)17-5/h7-12,17H,1-6H3. The van der Waals surface area contributed by atoms with E-state index in [-0.39, 0.29) is 0 Å². The number of halogens is 1. The highest BCUT2D eigenvalue weighted by Crippen LogP contribution is 2.30. The summed E-state index contributed by atoms with van der Waals surface area (Å²) < 4.78 is 1.16. The van der Waals surface area contributed by atoms with Crippen molar-refractivity contribution in [2.45, 2.75) is 39.8 Å². The molecule has 0 aliphatic rings. The molecular formula is C15H25BrN2. The minimum Gasteiger partial charge on any atom is -0.371 e. The van der Waals surface area contributed by atoms with Gasteiger partial charge in [-0.25, -0.2) is 0 Å². The van der Waals surface area contributed by atoms with Crippen molar-refractivity contribution in [1.82, 2.24) is 5.32 Å². The number of nitrogens with one attached hydrogen (secondary N) is 1. The van der Waals surface area contributed by atoms with Gasteiger partial charge in [0.2, 0.25) is 0 Å². The van der Waals surface area contributed by atoms with Crippen molar-refractivity contribution in [2.24, 2.45) is 5.92 Å². The summed E-state index contributed by atoms with van der Waals surface area (Å²) in [5.41, 5.74) is 2.56. The zero-order valence-electron chi connectivity index (χ0n) is 12.3. The Morgan fingerprint density at radius 1 is 1.17 bits per heavy atom. The van der Waals surface area contributed by atoms with Crippen molar-refractivity contribution >= 4 is 21.6 Å². The second-order valence-electron chi connectivity index (χ2n) is 5.32. The lowest BCUT2D eigenvalue weighted by Gasteiger charge is -2.31. The van der Waals surface area contributed by atoms with Crippen LogP contribution >= 0.6 is 15.9 Å². The second kappa shape index (κ2) is 6.58. The van der Waals surface area contributed by atoms with Gasteiger partial charge in [-0.15, -0.1) is 0 Å². The van der Waals surface area contributed by atoms with Gasteiger partial charge in [0, 0.05) is 23.6 Å². The van der Waals surface area contributed by atoms with Crippen LogP contribution in [0.3, 0.4) is 0 Å². The number of hydrogen-bond donors (Lipinski definition) is 1. The fraction of sp³-hybridized carbons (Fsp3) is 0.600. The molecule has 0 bridgehead atoms. The zero-order chi connectivity index (χ0) is 13.9. The minimum atomic E-state index is 0.378. The SMILES string of the molecule is CNC(C)c1ccc(N(C)C(C)C(C)C)c(Br)c1. The third kappa shape index (κ3) is 3.48. The maximum absolute atomic E-state index is 3.69. The molecule has 0 aliphatic carbocycles. The lowest BCUT2D eigenvalue weighted by Crippen LogP contribution is -2.33. The lowest BCUT2D eigenvalue weighted by atomic mass is 10.0. The highest BCUT2D eigenvalue weighted by Gasteiger charge is 2.16. The Bertz CT molecular complexity index is 390. The van der Waals surface area contributed by atoms with Gasteiger partial charge >= 0.3 is 0 Å². The molecule has 0 fully saturated rings. The van der Waals surface area contributed by atoms with Gasteiger partial charge in [-0.2, -0.15) is 0 Å². The van der Waals surface area contributed by atoms with E-state index in [0.717, 1.165) is 4.47 Å². The Hall–Kier alpha value is -0.540. The summed E-state index contributed by atoms with van der Waals surface area (Å²) in [4.78, 5) is 2.34. The van der Waals surface area contributed by atoms with Crippen molar-refractivity contribution in [3.63, 3.8) is 0 Å². The topological polar surface area (TPSA) is 15.3 Å². The molecule has 0 spiro atoms. The summed E-state index contributed by atoms with van der Waals surface area (Å²) in [5, 5.41) is 3.26. The van der Waals surface area contributed by atoms with Crippen LogP contribution in [0.2, 0.25) is 0 Å². The van der Waals surface area contributed by atoms with Gasteiger partial charge < -0.3 is 10.2 Å². The van der Waals surface area contributed by atoms with Crippen LogP contribution < -0.4 is 10.2 Å². The molecule has 2 unspecified atom stereocenters. The molecule has 0 heterocycles. The Balaban J connectivity index is 2.98.